The number of nitrogens with one attached hydrogen (secondary N) is 1. The van der Waals surface area contributed by atoms with Crippen molar-refractivity contribution >= 4 is 34.6 Å². The van der Waals surface area contributed by atoms with E-state index in [0.717, 1.165) is 47.7 Å². The summed E-state index contributed by atoms with van der Waals surface area (Å²) in [6, 6.07) is 3.89. The summed E-state index contributed by atoms with van der Waals surface area (Å²) < 4.78 is 0.742. The van der Waals surface area contributed by atoms with Gasteiger partial charge in [-0.15, -0.1) is 11.3 Å². The predicted molar refractivity (Wildman–Crippen MR) is 147 cm³/mol. The average molecular weight is 550 g/mol. The highest BCUT2D eigenvalue weighted by atomic mass is 35.5. The molecule has 1 aromatic rings. The van der Waals surface area contributed by atoms with Gasteiger partial charge in [-0.1, -0.05) is 39.3 Å². The van der Waals surface area contributed by atoms with Crippen molar-refractivity contribution in [3.05, 3.63) is 21.3 Å². The minimum Gasteiger partial charge on any atom is -0.390 e. The van der Waals surface area contributed by atoms with Gasteiger partial charge in [-0.2, -0.15) is 0 Å². The van der Waals surface area contributed by atoms with E-state index in [1.165, 1.54) is 11.3 Å². The van der Waals surface area contributed by atoms with Crippen molar-refractivity contribution in [3.8, 4) is 0 Å². The number of hydrogen-bond donors (Lipinski definition) is 3. The predicted octanol–water partition coefficient (Wildman–Crippen LogP) is 6.16. The van der Waals surface area contributed by atoms with Crippen molar-refractivity contribution in [2.45, 2.75) is 104 Å². The summed E-state index contributed by atoms with van der Waals surface area (Å²) in [5.41, 5.74) is -0.0251. The van der Waals surface area contributed by atoms with Crippen LogP contribution in [0.4, 0.5) is 0 Å². The molecule has 3 N–H and O–H groups in total. The molecule has 1 heterocycles. The van der Waals surface area contributed by atoms with Crippen LogP contribution in [0.5, 0.6) is 0 Å². The van der Waals surface area contributed by atoms with E-state index >= 15 is 0 Å². The summed E-state index contributed by atoms with van der Waals surface area (Å²) in [5, 5.41) is 25.9. The molecule has 4 aliphatic carbocycles. The summed E-state index contributed by atoms with van der Waals surface area (Å²) >= 11 is 7.65. The lowest BCUT2D eigenvalue weighted by Crippen LogP contribution is -2.64. The molecule has 4 aliphatic rings. The molecule has 206 valence electrons. The van der Waals surface area contributed by atoms with Crippen LogP contribution in [0.25, 0.3) is 0 Å². The number of carbonyl (C=O) groups excluding carboxylic acids is 2. The van der Waals surface area contributed by atoms with Gasteiger partial charge in [0.15, 0.2) is 0 Å². The first-order valence-electron chi connectivity index (χ1n) is 14.4. The van der Waals surface area contributed by atoms with Crippen molar-refractivity contribution in [3.63, 3.8) is 0 Å². The number of aliphatic hydroxyl groups is 2. The van der Waals surface area contributed by atoms with Crippen LogP contribution in [0, 0.1) is 46.3 Å². The summed E-state index contributed by atoms with van der Waals surface area (Å²) in [7, 11) is 0. The zero-order chi connectivity index (χ0) is 26.7. The summed E-state index contributed by atoms with van der Waals surface area (Å²) in [6.45, 7) is 8.98. The van der Waals surface area contributed by atoms with Crippen molar-refractivity contribution in [1.82, 2.24) is 5.32 Å². The Morgan fingerprint density at radius 1 is 1.11 bits per heavy atom. The number of rotatable bonds is 6. The molecule has 37 heavy (non-hydrogen) atoms. The fourth-order valence-electron chi connectivity index (χ4n) is 9.61. The zero-order valence-electron chi connectivity index (χ0n) is 22.7. The minimum absolute atomic E-state index is 0.00510. The minimum atomic E-state index is -0.822. The van der Waals surface area contributed by atoms with Gasteiger partial charge in [0.2, 0.25) is 5.91 Å². The van der Waals surface area contributed by atoms with Gasteiger partial charge in [0.25, 0.3) is 0 Å². The van der Waals surface area contributed by atoms with Gasteiger partial charge in [-0.3, -0.25) is 9.59 Å². The Balaban J connectivity index is 1.29. The molecular formula is C30H44ClNO4S. The first-order chi connectivity index (χ1) is 17.5. The van der Waals surface area contributed by atoms with E-state index in [0.29, 0.717) is 37.0 Å². The molecule has 0 aromatic carbocycles. The number of amides is 1. The topological polar surface area (TPSA) is 86.6 Å². The van der Waals surface area contributed by atoms with Crippen LogP contribution >= 0.6 is 22.9 Å². The number of fused-ring (bicyclic) bond motifs is 5. The van der Waals surface area contributed by atoms with E-state index in [2.05, 4.69) is 33.0 Å². The number of aliphatic hydroxyl groups excluding tert-OH is 2. The summed E-state index contributed by atoms with van der Waals surface area (Å²) in [5.74, 6) is 1.64. The molecule has 0 spiro atoms. The normalized spacial score (nSPS) is 42.9. The van der Waals surface area contributed by atoms with Crippen molar-refractivity contribution in [2.75, 3.05) is 0 Å². The largest absolute Gasteiger partial charge is 0.390 e. The second-order valence-corrected chi connectivity index (χ2v) is 15.0. The quantitative estimate of drug-likeness (QED) is 0.396. The number of thiophene rings is 1. The van der Waals surface area contributed by atoms with Crippen LogP contribution in [0.1, 0.15) is 96.4 Å². The van der Waals surface area contributed by atoms with Crippen molar-refractivity contribution in [2.24, 2.45) is 46.3 Å². The first-order valence-corrected chi connectivity index (χ1v) is 15.6. The molecule has 0 bridgehead atoms. The molecular weight excluding hydrogens is 506 g/mol. The van der Waals surface area contributed by atoms with E-state index in [4.69, 9.17) is 11.6 Å². The monoisotopic (exact) mass is 549 g/mol. The Kier molecular flexibility index (Phi) is 7.63. The molecule has 11 atom stereocenters. The second kappa shape index (κ2) is 10.2. The van der Waals surface area contributed by atoms with Gasteiger partial charge in [-0.25, -0.2) is 0 Å². The van der Waals surface area contributed by atoms with Gasteiger partial charge < -0.3 is 15.5 Å². The number of carbonyl (C=O) groups is 2. The Bertz CT molecular complexity index is 1030. The smallest absolute Gasteiger partial charge is 0.220 e. The van der Waals surface area contributed by atoms with Crippen LogP contribution in [-0.2, 0) is 9.59 Å². The summed E-state index contributed by atoms with van der Waals surface area (Å²) in [6.07, 6.45) is 5.83. The second-order valence-electron chi connectivity index (χ2n) is 13.2. The maximum atomic E-state index is 13.1. The number of Topliss-reactive ketones (excluding diaryl/α,β-unsaturated/α-hetero) is 1. The molecule has 0 aliphatic heterocycles. The average Bonchev–Trinajstić information content (AvgIpc) is 3.44. The van der Waals surface area contributed by atoms with Crippen LogP contribution in [-0.4, -0.2) is 34.1 Å². The van der Waals surface area contributed by atoms with Crippen molar-refractivity contribution in [1.29, 1.82) is 0 Å². The van der Waals surface area contributed by atoms with Gasteiger partial charge in [0, 0.05) is 24.1 Å². The third-order valence-corrected chi connectivity index (χ3v) is 12.9. The molecule has 5 rings (SSSR count). The number of ketones is 1. The highest BCUT2D eigenvalue weighted by molar-refractivity contribution is 7.16. The third-order valence-electron chi connectivity index (χ3n) is 11.5. The number of hydrogen-bond acceptors (Lipinski definition) is 5. The van der Waals surface area contributed by atoms with E-state index < -0.39 is 12.2 Å². The van der Waals surface area contributed by atoms with Gasteiger partial charge in [-0.05, 0) is 97.0 Å². The Morgan fingerprint density at radius 2 is 1.84 bits per heavy atom. The van der Waals surface area contributed by atoms with E-state index in [-0.39, 0.29) is 46.3 Å². The molecule has 6 unspecified atom stereocenters. The van der Waals surface area contributed by atoms with E-state index in [9.17, 15) is 19.8 Å². The highest BCUT2D eigenvalue weighted by Crippen LogP contribution is 2.68. The third kappa shape index (κ3) is 4.62. The lowest BCUT2D eigenvalue weighted by atomic mass is 9.43. The number of halogens is 1. The molecule has 5 nitrogen and oxygen atoms in total. The molecule has 1 aromatic heterocycles. The highest BCUT2D eigenvalue weighted by Gasteiger charge is 2.65. The lowest BCUT2D eigenvalue weighted by molar-refractivity contribution is -0.214. The van der Waals surface area contributed by atoms with Gasteiger partial charge in [0.05, 0.1) is 22.6 Å². The van der Waals surface area contributed by atoms with Crippen molar-refractivity contribution < 1.29 is 19.8 Å². The maximum Gasteiger partial charge on any atom is 0.220 e. The van der Waals surface area contributed by atoms with E-state index in [1.807, 2.05) is 12.1 Å². The Labute approximate surface area is 230 Å². The molecule has 0 radical (unpaired) electrons. The molecule has 0 saturated heterocycles. The molecule has 4 saturated carbocycles. The maximum absolute atomic E-state index is 13.1. The van der Waals surface area contributed by atoms with Gasteiger partial charge in [0.1, 0.15) is 5.78 Å². The zero-order valence-corrected chi connectivity index (χ0v) is 24.3. The SMILES string of the molecule is CCC(NC(=O)C[C@@H](C)C1CC[C@H]2C3[C@H](O)[C@H](O)C4CC(=O)CCC4(C)[C@H]3CCC12C)c1ccc(Cl)s1. The van der Waals surface area contributed by atoms with E-state index in [1.54, 1.807) is 0 Å². The molecule has 7 heteroatoms. The van der Waals surface area contributed by atoms with Crippen LogP contribution < -0.4 is 5.32 Å². The Hall–Kier alpha value is -0.950. The van der Waals surface area contributed by atoms with Crippen LogP contribution in [0.2, 0.25) is 4.34 Å². The molecule has 1 amide bonds. The van der Waals surface area contributed by atoms with Gasteiger partial charge >= 0.3 is 0 Å². The summed E-state index contributed by atoms with van der Waals surface area (Å²) in [4.78, 5) is 26.5. The standard InChI is InChI=1S/C30H44ClNO4S/c1-5-22(23-8-9-24(31)37-23)32-25(34)14-16(2)18-6-7-19-26-20(11-13-29(18,19)3)30(4)12-10-17(33)15-21(30)27(35)28(26)36/h8-9,16,18-22,26-28,35-36H,5-7,10-15H2,1-4H3,(H,32,34)/t16-,18?,19+,20+,21?,22?,26?,27-,28+,29?,30?/m1/s1. The molecule has 4 fully saturated rings. The van der Waals surface area contributed by atoms with Crippen LogP contribution in [0.15, 0.2) is 12.1 Å². The van der Waals surface area contributed by atoms with Crippen LogP contribution in [0.3, 0.4) is 0 Å². The Morgan fingerprint density at radius 3 is 2.51 bits per heavy atom. The fraction of sp³-hybridized carbons (Fsp3) is 0.800. The first kappa shape index (κ1) is 27.6. The lowest BCUT2D eigenvalue weighted by Gasteiger charge is -2.63. The fourth-order valence-corrected chi connectivity index (χ4v) is 10.8.